The molecule has 2 rings (SSSR count). The molecule has 0 bridgehead atoms. The van der Waals surface area contributed by atoms with Gasteiger partial charge < -0.3 is 14.6 Å². The number of methoxy groups -OCH3 is 1. The van der Waals surface area contributed by atoms with Crippen LogP contribution in [0.1, 0.15) is 5.89 Å². The van der Waals surface area contributed by atoms with E-state index in [9.17, 15) is 0 Å². The topological polar surface area (TPSA) is 102 Å². The average molecular weight is 238 g/mol. The molecule has 0 radical (unpaired) electrons. The summed E-state index contributed by atoms with van der Waals surface area (Å²) in [7, 11) is 3.51. The third-order valence-electron chi connectivity index (χ3n) is 2.31. The summed E-state index contributed by atoms with van der Waals surface area (Å²) in [6.45, 7) is 0.582. The second-order valence-corrected chi connectivity index (χ2v) is 3.51. The van der Waals surface area contributed by atoms with Crippen LogP contribution in [0.5, 0.6) is 0 Å². The third-order valence-corrected chi connectivity index (χ3v) is 2.31. The van der Waals surface area contributed by atoms with Crippen LogP contribution in [-0.2, 0) is 11.2 Å². The first-order chi connectivity index (χ1) is 8.33. The van der Waals surface area contributed by atoms with Crippen molar-refractivity contribution in [3.63, 3.8) is 0 Å². The number of ether oxygens (including phenoxy) is 1. The number of nitrogens with one attached hydrogen (secondary N) is 2. The Bertz CT molecular complexity index is 440. The Morgan fingerprint density at radius 1 is 1.59 bits per heavy atom. The van der Waals surface area contributed by atoms with E-state index >= 15 is 0 Å². The van der Waals surface area contributed by atoms with Crippen LogP contribution in [0.4, 0.5) is 0 Å². The largest absolute Gasteiger partial charge is 0.383 e. The maximum atomic E-state index is 5.13. The van der Waals surface area contributed by atoms with Crippen molar-refractivity contribution in [1.29, 1.82) is 0 Å². The van der Waals surface area contributed by atoms with E-state index in [4.69, 9.17) is 9.26 Å². The maximum absolute atomic E-state index is 5.13. The number of aromatic nitrogens is 5. The molecule has 2 heterocycles. The first-order valence-corrected chi connectivity index (χ1v) is 5.18. The fourth-order valence-electron chi connectivity index (χ4n) is 1.41. The van der Waals surface area contributed by atoms with Crippen molar-refractivity contribution in [3.05, 3.63) is 12.1 Å². The first kappa shape index (κ1) is 11.7. The molecule has 0 saturated carbocycles. The molecule has 0 aliphatic carbocycles. The Morgan fingerprint density at radius 2 is 2.47 bits per heavy atom. The van der Waals surface area contributed by atoms with Gasteiger partial charge in [-0.1, -0.05) is 5.16 Å². The van der Waals surface area contributed by atoms with Gasteiger partial charge in [0.2, 0.25) is 11.7 Å². The molecule has 92 valence electrons. The van der Waals surface area contributed by atoms with Gasteiger partial charge in [0.05, 0.1) is 12.8 Å². The minimum atomic E-state index is 0.144. The number of rotatable bonds is 6. The van der Waals surface area contributed by atoms with E-state index in [1.54, 1.807) is 13.3 Å². The number of H-pyrrole nitrogens is 1. The molecule has 2 N–H and O–H groups in total. The molecule has 0 fully saturated rings. The lowest BCUT2D eigenvalue weighted by Crippen LogP contribution is -2.32. The molecule has 0 aliphatic rings. The zero-order valence-electron chi connectivity index (χ0n) is 9.67. The minimum Gasteiger partial charge on any atom is -0.383 e. The van der Waals surface area contributed by atoms with Gasteiger partial charge in [0, 0.05) is 19.6 Å². The summed E-state index contributed by atoms with van der Waals surface area (Å²) in [5.74, 6) is 0.973. The summed E-state index contributed by atoms with van der Waals surface area (Å²) in [5, 5.41) is 17.0. The molecule has 2 aromatic rings. The van der Waals surface area contributed by atoms with Gasteiger partial charge in [-0.15, -0.1) is 0 Å². The quantitative estimate of drug-likeness (QED) is 0.708. The lowest BCUT2D eigenvalue weighted by atomic mass is 10.2. The standard InChI is InChI=1S/C9H14N6O2/c1-10-6(5-16-2)3-8-12-9(14-17-8)7-4-11-15-13-7/h4,6,10H,3,5H2,1-2H3,(H,11,13,15). The molecule has 17 heavy (non-hydrogen) atoms. The summed E-state index contributed by atoms with van der Waals surface area (Å²) in [6.07, 6.45) is 2.15. The zero-order valence-corrected chi connectivity index (χ0v) is 9.67. The highest BCUT2D eigenvalue weighted by atomic mass is 16.5. The molecule has 2 aromatic heterocycles. The van der Waals surface area contributed by atoms with Gasteiger partial charge in [-0.25, -0.2) is 0 Å². The van der Waals surface area contributed by atoms with Crippen LogP contribution >= 0.6 is 0 Å². The van der Waals surface area contributed by atoms with Crippen molar-refractivity contribution in [1.82, 2.24) is 30.9 Å². The Kier molecular flexibility index (Phi) is 3.78. The Hall–Kier alpha value is -1.80. The molecule has 0 aliphatic heterocycles. The van der Waals surface area contributed by atoms with Crippen LogP contribution in [0.15, 0.2) is 10.7 Å². The van der Waals surface area contributed by atoms with Crippen LogP contribution in [0.2, 0.25) is 0 Å². The summed E-state index contributed by atoms with van der Waals surface area (Å²) in [4.78, 5) is 4.23. The molecular weight excluding hydrogens is 224 g/mol. The monoisotopic (exact) mass is 238 g/mol. The van der Waals surface area contributed by atoms with Gasteiger partial charge in [-0.3, -0.25) is 0 Å². The van der Waals surface area contributed by atoms with Crippen LogP contribution in [0.25, 0.3) is 11.5 Å². The van der Waals surface area contributed by atoms with Crippen molar-refractivity contribution in [2.24, 2.45) is 0 Å². The molecule has 0 amide bonds. The van der Waals surface area contributed by atoms with Gasteiger partial charge in [0.25, 0.3) is 0 Å². The smallest absolute Gasteiger partial charge is 0.228 e. The van der Waals surface area contributed by atoms with Gasteiger partial charge in [0.15, 0.2) is 5.69 Å². The van der Waals surface area contributed by atoms with Gasteiger partial charge in [0.1, 0.15) is 0 Å². The van der Waals surface area contributed by atoms with E-state index in [0.29, 0.717) is 30.4 Å². The normalized spacial score (nSPS) is 12.8. The molecular formula is C9H14N6O2. The molecule has 0 saturated heterocycles. The van der Waals surface area contributed by atoms with E-state index in [2.05, 4.69) is 30.9 Å². The van der Waals surface area contributed by atoms with Crippen molar-refractivity contribution < 1.29 is 9.26 Å². The summed E-state index contributed by atoms with van der Waals surface area (Å²) < 4.78 is 10.2. The SMILES string of the molecule is CNC(COC)Cc1nc(-c2cn[nH]n2)no1. The fourth-order valence-corrected chi connectivity index (χ4v) is 1.41. The van der Waals surface area contributed by atoms with Gasteiger partial charge >= 0.3 is 0 Å². The number of hydrogen-bond acceptors (Lipinski definition) is 7. The fraction of sp³-hybridized carbons (Fsp3) is 0.556. The highest BCUT2D eigenvalue weighted by Gasteiger charge is 2.14. The van der Waals surface area contributed by atoms with Gasteiger partial charge in [-0.2, -0.15) is 20.4 Å². The molecule has 1 unspecified atom stereocenters. The predicted octanol–water partition coefficient (Wildman–Crippen LogP) is -0.368. The molecule has 8 nitrogen and oxygen atoms in total. The van der Waals surface area contributed by atoms with E-state index < -0.39 is 0 Å². The molecule has 8 heteroatoms. The third kappa shape index (κ3) is 2.86. The van der Waals surface area contributed by atoms with Crippen molar-refractivity contribution in [3.8, 4) is 11.5 Å². The van der Waals surface area contributed by atoms with Crippen molar-refractivity contribution >= 4 is 0 Å². The maximum Gasteiger partial charge on any atom is 0.228 e. The van der Waals surface area contributed by atoms with Crippen molar-refractivity contribution in [2.75, 3.05) is 20.8 Å². The zero-order chi connectivity index (χ0) is 12.1. The lowest BCUT2D eigenvalue weighted by molar-refractivity contribution is 0.165. The van der Waals surface area contributed by atoms with E-state index in [1.807, 2.05) is 7.05 Å². The molecule has 0 spiro atoms. The van der Waals surface area contributed by atoms with Crippen molar-refractivity contribution in [2.45, 2.75) is 12.5 Å². The second kappa shape index (κ2) is 5.51. The summed E-state index contributed by atoms with van der Waals surface area (Å²) >= 11 is 0. The number of likely N-dealkylation sites (N-methyl/N-ethyl adjacent to an activating group) is 1. The van der Waals surface area contributed by atoms with Crippen LogP contribution in [-0.4, -0.2) is 52.4 Å². The minimum absolute atomic E-state index is 0.144. The van der Waals surface area contributed by atoms with Crippen LogP contribution < -0.4 is 5.32 Å². The van der Waals surface area contributed by atoms with Gasteiger partial charge in [-0.05, 0) is 7.05 Å². The average Bonchev–Trinajstić information content (AvgIpc) is 2.98. The second-order valence-electron chi connectivity index (χ2n) is 3.51. The van der Waals surface area contributed by atoms with E-state index in [0.717, 1.165) is 0 Å². The Balaban J connectivity index is 2.03. The highest BCUT2D eigenvalue weighted by molar-refractivity contribution is 5.44. The molecule has 0 aromatic carbocycles. The first-order valence-electron chi connectivity index (χ1n) is 5.18. The molecule has 1 atom stereocenters. The lowest BCUT2D eigenvalue weighted by Gasteiger charge is -2.11. The van der Waals surface area contributed by atoms with E-state index in [1.165, 1.54) is 0 Å². The number of nitrogens with zero attached hydrogens (tertiary/aromatic N) is 4. The van der Waals surface area contributed by atoms with Crippen LogP contribution in [0, 0.1) is 0 Å². The van der Waals surface area contributed by atoms with Crippen LogP contribution in [0.3, 0.4) is 0 Å². The number of hydrogen-bond donors (Lipinski definition) is 2. The highest BCUT2D eigenvalue weighted by Crippen LogP contribution is 2.11. The number of aromatic amines is 1. The predicted molar refractivity (Wildman–Crippen MR) is 58.1 cm³/mol. The summed E-state index contributed by atoms with van der Waals surface area (Å²) in [5.41, 5.74) is 0.563. The summed E-state index contributed by atoms with van der Waals surface area (Å²) in [6, 6.07) is 0.144. The Morgan fingerprint density at radius 3 is 3.12 bits per heavy atom. The Labute approximate surface area is 97.7 Å². The van der Waals surface area contributed by atoms with E-state index in [-0.39, 0.29) is 6.04 Å².